The van der Waals surface area contributed by atoms with Crippen LogP contribution in [0.3, 0.4) is 0 Å². The quantitative estimate of drug-likeness (QED) is 0.629. The summed E-state index contributed by atoms with van der Waals surface area (Å²) in [7, 11) is 0. The first-order valence-electron chi connectivity index (χ1n) is 4.44. The highest BCUT2D eigenvalue weighted by atomic mass is 16.6. The van der Waals surface area contributed by atoms with Crippen molar-refractivity contribution in [2.45, 2.75) is 32.8 Å². The zero-order valence-corrected chi connectivity index (χ0v) is 8.60. The Morgan fingerprint density at radius 2 is 1.80 bits per heavy atom. The van der Waals surface area contributed by atoms with Crippen LogP contribution in [0.5, 0.6) is 0 Å². The van der Waals surface area contributed by atoms with Gasteiger partial charge in [-0.2, -0.15) is 0 Å². The molecule has 0 aromatic heterocycles. The first-order valence-corrected chi connectivity index (χ1v) is 4.44. The molecule has 0 unspecified atom stereocenters. The molecule has 0 saturated heterocycles. The fourth-order valence-corrected chi connectivity index (χ4v) is 1.15. The molecule has 0 aromatic carbocycles. The molecule has 2 N–H and O–H groups in total. The van der Waals surface area contributed by atoms with Gasteiger partial charge in [-0.1, -0.05) is 6.92 Å². The van der Waals surface area contributed by atoms with Crippen molar-refractivity contribution in [1.29, 1.82) is 0 Å². The zero-order valence-electron chi connectivity index (χ0n) is 8.60. The predicted molar refractivity (Wildman–Crippen MR) is 49.2 cm³/mol. The maximum Gasteiger partial charge on any atom is 0.345 e. The van der Waals surface area contributed by atoms with E-state index in [9.17, 15) is 14.4 Å². The lowest BCUT2D eigenvalue weighted by atomic mass is 10.0. The molecular weight excluding hydrogens is 204 g/mol. The van der Waals surface area contributed by atoms with E-state index in [1.807, 2.05) is 0 Å². The number of carboxylic acid groups (broad SMARTS) is 2. The van der Waals surface area contributed by atoms with E-state index in [0.29, 0.717) is 0 Å². The molecule has 0 radical (unpaired) electrons. The maximum atomic E-state index is 10.6. The molecule has 6 heteroatoms. The molecule has 0 aliphatic rings. The number of aliphatic carboxylic acids is 2. The topological polar surface area (TPSA) is 101 Å². The molecule has 0 saturated carbocycles. The number of esters is 1. The highest BCUT2D eigenvalue weighted by Gasteiger charge is 2.24. The Morgan fingerprint density at radius 1 is 1.27 bits per heavy atom. The summed E-state index contributed by atoms with van der Waals surface area (Å²) in [5, 5.41) is 17.1. The summed E-state index contributed by atoms with van der Waals surface area (Å²) in [4.78, 5) is 31.5. The van der Waals surface area contributed by atoms with Crippen molar-refractivity contribution in [2.24, 2.45) is 5.92 Å². The molecule has 0 rings (SSSR count). The maximum absolute atomic E-state index is 10.6. The number of ether oxygens (including phenoxy) is 1. The Morgan fingerprint density at radius 3 is 2.13 bits per heavy atom. The summed E-state index contributed by atoms with van der Waals surface area (Å²) in [5.74, 6) is -3.32. The van der Waals surface area contributed by atoms with Crippen molar-refractivity contribution >= 4 is 17.9 Å². The van der Waals surface area contributed by atoms with Gasteiger partial charge in [-0.05, 0) is 12.3 Å². The van der Waals surface area contributed by atoms with Gasteiger partial charge < -0.3 is 14.9 Å². The molecule has 6 nitrogen and oxygen atoms in total. The van der Waals surface area contributed by atoms with E-state index in [-0.39, 0.29) is 18.8 Å². The van der Waals surface area contributed by atoms with Crippen LogP contribution >= 0.6 is 0 Å². The number of hydrogen-bond acceptors (Lipinski definition) is 4. The van der Waals surface area contributed by atoms with Gasteiger partial charge in [0.05, 0.1) is 0 Å². The van der Waals surface area contributed by atoms with Gasteiger partial charge in [0, 0.05) is 13.3 Å². The molecule has 0 aliphatic heterocycles. The summed E-state index contributed by atoms with van der Waals surface area (Å²) < 4.78 is 4.53. The Kier molecular flexibility index (Phi) is 5.36. The average molecular weight is 218 g/mol. The molecule has 0 fully saturated rings. The van der Waals surface area contributed by atoms with Crippen molar-refractivity contribution in [1.82, 2.24) is 0 Å². The zero-order chi connectivity index (χ0) is 12.0. The van der Waals surface area contributed by atoms with Crippen molar-refractivity contribution in [3.05, 3.63) is 0 Å². The first-order chi connectivity index (χ1) is 6.82. The van der Waals surface area contributed by atoms with Gasteiger partial charge in [0.1, 0.15) is 0 Å². The van der Waals surface area contributed by atoms with E-state index in [2.05, 4.69) is 4.74 Å². The van der Waals surface area contributed by atoms with Crippen LogP contribution in [0.15, 0.2) is 0 Å². The lowest BCUT2D eigenvalue weighted by Gasteiger charge is -2.15. The number of carboxylic acids is 2. The van der Waals surface area contributed by atoms with Crippen LogP contribution in [0, 0.1) is 5.92 Å². The minimum Gasteiger partial charge on any atom is -0.481 e. The molecule has 0 aromatic rings. The minimum atomic E-state index is -1.27. The van der Waals surface area contributed by atoms with Crippen molar-refractivity contribution in [2.75, 3.05) is 0 Å². The summed E-state index contributed by atoms with van der Waals surface area (Å²) in [6.07, 6.45) is -1.41. The number of carbonyl (C=O) groups excluding carboxylic acids is 1. The highest BCUT2D eigenvalue weighted by molar-refractivity contribution is 5.77. The lowest BCUT2D eigenvalue weighted by molar-refractivity contribution is -0.163. The van der Waals surface area contributed by atoms with Gasteiger partial charge in [-0.15, -0.1) is 0 Å². The second-order valence-corrected chi connectivity index (χ2v) is 3.38. The van der Waals surface area contributed by atoms with E-state index in [1.54, 1.807) is 6.92 Å². The van der Waals surface area contributed by atoms with E-state index in [0.717, 1.165) is 6.92 Å². The van der Waals surface area contributed by atoms with Crippen LogP contribution in [0.2, 0.25) is 0 Å². The molecule has 0 spiro atoms. The molecule has 0 aliphatic carbocycles. The number of rotatable bonds is 6. The van der Waals surface area contributed by atoms with Gasteiger partial charge in [0.2, 0.25) is 0 Å². The van der Waals surface area contributed by atoms with E-state index in [4.69, 9.17) is 10.2 Å². The Bertz CT molecular complexity index is 259. The Balaban J connectivity index is 4.21. The number of hydrogen-bond donors (Lipinski definition) is 2. The molecule has 0 bridgehead atoms. The van der Waals surface area contributed by atoms with E-state index < -0.39 is 24.0 Å². The van der Waals surface area contributed by atoms with Crippen LogP contribution in [-0.2, 0) is 19.1 Å². The van der Waals surface area contributed by atoms with Crippen LogP contribution in [0.25, 0.3) is 0 Å². The summed E-state index contributed by atoms with van der Waals surface area (Å²) in [5.41, 5.74) is 0. The highest BCUT2D eigenvalue weighted by Crippen LogP contribution is 2.13. The van der Waals surface area contributed by atoms with Gasteiger partial charge in [0.25, 0.3) is 0 Å². The molecule has 0 amide bonds. The van der Waals surface area contributed by atoms with Crippen LogP contribution < -0.4 is 0 Å². The second-order valence-electron chi connectivity index (χ2n) is 3.38. The van der Waals surface area contributed by atoms with Gasteiger partial charge in [-0.25, -0.2) is 4.79 Å². The Labute approximate surface area is 86.8 Å². The monoisotopic (exact) mass is 218 g/mol. The standard InChI is InChI=1S/C9H14O6/c1-5(4-8(11)12)3-7(9(13)14)15-6(2)10/h5,7H,3-4H2,1-2H3,(H,11,12)(H,13,14)/t5-,7-/m0/s1. The molecule has 0 heterocycles. The third kappa shape index (κ3) is 6.48. The largest absolute Gasteiger partial charge is 0.481 e. The number of carbonyl (C=O) groups is 3. The SMILES string of the molecule is CC(=O)O[C@@H](C[C@H](C)CC(=O)O)C(=O)O. The van der Waals surface area contributed by atoms with Gasteiger partial charge >= 0.3 is 17.9 Å². The molecule has 86 valence electrons. The third-order valence-corrected chi connectivity index (χ3v) is 1.72. The van der Waals surface area contributed by atoms with Crippen LogP contribution in [0.4, 0.5) is 0 Å². The fraction of sp³-hybridized carbons (Fsp3) is 0.667. The summed E-state index contributed by atoms with van der Waals surface area (Å²) >= 11 is 0. The Hall–Kier alpha value is -1.59. The van der Waals surface area contributed by atoms with E-state index in [1.165, 1.54) is 0 Å². The van der Waals surface area contributed by atoms with Gasteiger partial charge in [-0.3, -0.25) is 9.59 Å². The van der Waals surface area contributed by atoms with Crippen LogP contribution in [0.1, 0.15) is 26.7 Å². The van der Waals surface area contributed by atoms with Crippen molar-refractivity contribution in [3.63, 3.8) is 0 Å². The van der Waals surface area contributed by atoms with Crippen molar-refractivity contribution < 1.29 is 29.3 Å². The first kappa shape index (κ1) is 13.4. The lowest BCUT2D eigenvalue weighted by Crippen LogP contribution is -2.28. The summed E-state index contributed by atoms with van der Waals surface area (Å²) in [6, 6.07) is 0. The second kappa shape index (κ2) is 6.00. The van der Waals surface area contributed by atoms with Crippen molar-refractivity contribution in [3.8, 4) is 0 Å². The predicted octanol–water partition coefficient (Wildman–Crippen LogP) is 0.504. The molecule has 15 heavy (non-hydrogen) atoms. The van der Waals surface area contributed by atoms with Gasteiger partial charge in [0.15, 0.2) is 6.10 Å². The van der Waals surface area contributed by atoms with Crippen LogP contribution in [-0.4, -0.2) is 34.2 Å². The minimum absolute atomic E-state index is 0.00120. The smallest absolute Gasteiger partial charge is 0.345 e. The molecule has 2 atom stereocenters. The third-order valence-electron chi connectivity index (χ3n) is 1.72. The fourth-order valence-electron chi connectivity index (χ4n) is 1.15. The summed E-state index contributed by atoms with van der Waals surface area (Å²) in [6.45, 7) is 2.70. The van der Waals surface area contributed by atoms with E-state index >= 15 is 0 Å². The molecular formula is C9H14O6. The average Bonchev–Trinajstić information content (AvgIpc) is 1.99. The normalized spacial score (nSPS) is 14.0.